The maximum absolute atomic E-state index is 11.5. The first kappa shape index (κ1) is 26.9. The Morgan fingerprint density at radius 3 is 2.09 bits per heavy atom. The monoisotopic (exact) mass is 612 g/mol. The van der Waals surface area contributed by atoms with Crippen molar-refractivity contribution in [2.24, 2.45) is 11.8 Å². The summed E-state index contributed by atoms with van der Waals surface area (Å²) in [6.07, 6.45) is 10.6. The molecule has 2 aromatic carbocycles. The number of aliphatic hydroxyl groups is 1. The number of nitrogens with zero attached hydrogens (tertiary/aromatic N) is 2. The van der Waals surface area contributed by atoms with Crippen molar-refractivity contribution >= 4 is 0 Å². The largest absolute Gasteiger partial charge is 0.504 e. The molecule has 10 rings (SSSR count). The fourth-order valence-corrected chi connectivity index (χ4v) is 11.2. The van der Waals surface area contributed by atoms with Gasteiger partial charge in [-0.05, 0) is 52.9 Å². The van der Waals surface area contributed by atoms with Crippen LogP contribution in [0.15, 0.2) is 36.4 Å². The first-order valence-electron chi connectivity index (χ1n) is 16.4. The number of hydrogen-bond donors (Lipinski definition) is 2. The molecule has 2 saturated heterocycles. The fraction of sp³-hybridized carbons (Fsp3) is 0.556. The molecule has 0 aromatic heterocycles. The van der Waals surface area contributed by atoms with Crippen LogP contribution in [0.25, 0.3) is 0 Å². The lowest BCUT2D eigenvalue weighted by Crippen LogP contribution is -2.65. The summed E-state index contributed by atoms with van der Waals surface area (Å²) in [7, 11) is 7.91. The van der Waals surface area contributed by atoms with Gasteiger partial charge < -0.3 is 43.7 Å². The predicted molar refractivity (Wildman–Crippen MR) is 165 cm³/mol. The summed E-state index contributed by atoms with van der Waals surface area (Å²) in [4.78, 5) is 4.91. The van der Waals surface area contributed by atoms with Crippen LogP contribution in [0.5, 0.6) is 34.5 Å². The second kappa shape index (κ2) is 8.76. The van der Waals surface area contributed by atoms with Gasteiger partial charge in [0.05, 0.1) is 7.11 Å². The van der Waals surface area contributed by atoms with Gasteiger partial charge in [0.1, 0.15) is 35.9 Å². The van der Waals surface area contributed by atoms with Crippen molar-refractivity contribution in [1.82, 2.24) is 9.80 Å². The topological polar surface area (TPSA) is 93.1 Å². The quantitative estimate of drug-likeness (QED) is 0.504. The number of hydrogen-bond acceptors (Lipinski definition) is 9. The summed E-state index contributed by atoms with van der Waals surface area (Å²) in [5.74, 6) is 3.84. The molecule has 0 saturated carbocycles. The van der Waals surface area contributed by atoms with E-state index >= 15 is 0 Å². The average molecular weight is 613 g/mol. The SMILES string of the molecule is COc1cc(Oc2cc(O)c3c4c2C[C@@H]2[C@@H]5C=C[C@H](O)[C@H](O3)[C@]45CCN2C)c2c3c1C[C@@H]1[C@@H]4C=C[C@H](OC)[C@H](O2)[C@]34CCN1C. The Morgan fingerprint density at radius 2 is 1.40 bits per heavy atom. The lowest BCUT2D eigenvalue weighted by molar-refractivity contribution is -0.0582. The highest BCUT2D eigenvalue weighted by Gasteiger charge is 2.66. The first-order chi connectivity index (χ1) is 21.8. The van der Waals surface area contributed by atoms with Crippen molar-refractivity contribution in [3.05, 3.63) is 58.7 Å². The van der Waals surface area contributed by atoms with Crippen LogP contribution in [0.2, 0.25) is 0 Å². The normalized spacial score (nSPS) is 40.8. The molecule has 4 heterocycles. The molecule has 2 fully saturated rings. The Morgan fingerprint density at radius 1 is 0.778 bits per heavy atom. The van der Waals surface area contributed by atoms with Crippen LogP contribution in [0, 0.1) is 11.8 Å². The van der Waals surface area contributed by atoms with Crippen LogP contribution in [0.4, 0.5) is 0 Å². The maximum Gasteiger partial charge on any atom is 0.173 e. The van der Waals surface area contributed by atoms with E-state index in [1.54, 1.807) is 20.3 Å². The van der Waals surface area contributed by atoms with E-state index in [1.807, 2.05) is 12.1 Å². The highest BCUT2D eigenvalue weighted by Crippen LogP contribution is 2.67. The number of benzene rings is 2. The number of aliphatic hydroxyl groups excluding tert-OH is 1. The van der Waals surface area contributed by atoms with Gasteiger partial charge in [-0.2, -0.15) is 0 Å². The molecule has 9 heteroatoms. The number of rotatable bonds is 4. The minimum atomic E-state index is -0.734. The molecule has 0 amide bonds. The molecule has 236 valence electrons. The van der Waals surface area contributed by atoms with Crippen molar-refractivity contribution in [3.8, 4) is 34.5 Å². The van der Waals surface area contributed by atoms with E-state index in [0.717, 1.165) is 61.4 Å². The van der Waals surface area contributed by atoms with Crippen LogP contribution < -0.4 is 18.9 Å². The van der Waals surface area contributed by atoms with E-state index in [9.17, 15) is 10.2 Å². The Kier molecular flexibility index (Phi) is 5.24. The van der Waals surface area contributed by atoms with Crippen molar-refractivity contribution < 1.29 is 33.9 Å². The third kappa shape index (κ3) is 3.00. The number of likely N-dealkylation sites (N-methyl/N-ethyl adjacent to an activating group) is 2. The highest BCUT2D eigenvalue weighted by molar-refractivity contribution is 5.70. The van der Waals surface area contributed by atoms with Gasteiger partial charge in [-0.25, -0.2) is 0 Å². The molecule has 45 heavy (non-hydrogen) atoms. The summed E-state index contributed by atoms with van der Waals surface area (Å²) >= 11 is 0. The fourth-order valence-electron chi connectivity index (χ4n) is 11.2. The molecule has 2 spiro atoms. The molecule has 2 N–H and O–H groups in total. The molecular formula is C36H40N2O7. The van der Waals surface area contributed by atoms with Crippen LogP contribution >= 0.6 is 0 Å². The van der Waals surface area contributed by atoms with Crippen molar-refractivity contribution in [2.75, 3.05) is 41.4 Å². The number of methoxy groups -OCH3 is 2. The summed E-state index contributed by atoms with van der Waals surface area (Å²) in [6.45, 7) is 1.89. The van der Waals surface area contributed by atoms with E-state index < -0.39 is 17.6 Å². The van der Waals surface area contributed by atoms with E-state index in [1.165, 1.54) is 11.1 Å². The summed E-state index contributed by atoms with van der Waals surface area (Å²) in [5.41, 5.74) is 3.83. The molecule has 0 unspecified atom stereocenters. The van der Waals surface area contributed by atoms with Crippen LogP contribution in [-0.2, 0) is 28.4 Å². The molecule has 0 radical (unpaired) electrons. The van der Waals surface area contributed by atoms with Gasteiger partial charge in [-0.15, -0.1) is 0 Å². The zero-order chi connectivity index (χ0) is 30.6. The maximum atomic E-state index is 11.5. The van der Waals surface area contributed by atoms with E-state index in [4.69, 9.17) is 23.7 Å². The number of piperidine rings is 2. The Bertz CT molecular complexity index is 1720. The number of aromatic hydroxyl groups is 1. The molecule has 2 aromatic rings. The van der Waals surface area contributed by atoms with E-state index in [2.05, 4.69) is 42.1 Å². The zero-order valence-corrected chi connectivity index (χ0v) is 26.2. The molecule has 4 bridgehead atoms. The second-order valence-corrected chi connectivity index (χ2v) is 14.6. The van der Waals surface area contributed by atoms with Crippen molar-refractivity contribution in [2.45, 2.75) is 73.0 Å². The minimum Gasteiger partial charge on any atom is -0.504 e. The molecule has 4 aliphatic carbocycles. The lowest BCUT2D eigenvalue weighted by Gasteiger charge is -2.56. The van der Waals surface area contributed by atoms with E-state index in [-0.39, 0.29) is 35.3 Å². The van der Waals surface area contributed by atoms with Gasteiger partial charge in [0.25, 0.3) is 0 Å². The number of phenols is 1. The summed E-state index contributed by atoms with van der Waals surface area (Å²) < 4.78 is 32.5. The smallest absolute Gasteiger partial charge is 0.173 e. The summed E-state index contributed by atoms with van der Waals surface area (Å²) in [5, 5.41) is 22.6. The predicted octanol–water partition coefficient (Wildman–Crippen LogP) is 3.46. The van der Waals surface area contributed by atoms with Crippen molar-refractivity contribution in [1.29, 1.82) is 0 Å². The molecule has 4 aliphatic heterocycles. The van der Waals surface area contributed by atoms with Gasteiger partial charge in [-0.3, -0.25) is 0 Å². The van der Waals surface area contributed by atoms with E-state index in [0.29, 0.717) is 29.2 Å². The highest BCUT2D eigenvalue weighted by atomic mass is 16.6. The van der Waals surface area contributed by atoms with Gasteiger partial charge in [0.15, 0.2) is 23.0 Å². The third-order valence-corrected chi connectivity index (χ3v) is 13.2. The van der Waals surface area contributed by atoms with Crippen LogP contribution in [-0.4, -0.2) is 97.9 Å². The standard InChI is InChI=1S/C36H40N2O7/c1-37-11-9-35-19-5-7-23(39)33(35)44-31-24(40)15-27(18(29(31)35)14-22(19)37)43-28-16-26(42-4)17-13-21-20-6-8-25(41-3)34-36(20,10-12-38(21)2)30(17)32(28)45-34/h5-8,15-16,19-23,25,33-34,39-40H,9-14H2,1-4H3/t19-,20-,21+,22+,23-,25-,33-,34-,35-,36-/m0/s1. The second-order valence-electron chi connectivity index (χ2n) is 14.6. The average Bonchev–Trinajstić information content (AvgIpc) is 3.57. The Labute approximate surface area is 262 Å². The lowest BCUT2D eigenvalue weighted by atomic mass is 9.53. The molecular weight excluding hydrogens is 572 g/mol. The molecule has 9 nitrogen and oxygen atoms in total. The van der Waals surface area contributed by atoms with Crippen LogP contribution in [0.3, 0.4) is 0 Å². The van der Waals surface area contributed by atoms with Gasteiger partial charge >= 0.3 is 0 Å². The van der Waals surface area contributed by atoms with Gasteiger partial charge in [0.2, 0.25) is 0 Å². The van der Waals surface area contributed by atoms with Gasteiger partial charge in [0, 0.05) is 76.2 Å². The van der Waals surface area contributed by atoms with Crippen LogP contribution in [0.1, 0.15) is 35.1 Å². The Balaban J connectivity index is 1.16. The zero-order valence-electron chi connectivity index (χ0n) is 26.2. The summed E-state index contributed by atoms with van der Waals surface area (Å²) in [6, 6.07) is 4.27. The Hall–Kier alpha value is -3.24. The molecule has 8 aliphatic rings. The number of likely N-dealkylation sites (tertiary alicyclic amines) is 2. The van der Waals surface area contributed by atoms with Crippen molar-refractivity contribution in [3.63, 3.8) is 0 Å². The number of phenolic OH excluding ortho intramolecular Hbond substituents is 1. The van der Waals surface area contributed by atoms with Gasteiger partial charge in [-0.1, -0.05) is 24.3 Å². The molecule has 10 atom stereocenters. The third-order valence-electron chi connectivity index (χ3n) is 13.2. The first-order valence-corrected chi connectivity index (χ1v) is 16.4. The number of ether oxygens (including phenoxy) is 5. The minimum absolute atomic E-state index is 0.0484.